The van der Waals surface area contributed by atoms with Crippen LogP contribution < -0.4 is 16.0 Å². The molecule has 0 unspecified atom stereocenters. The Morgan fingerprint density at radius 1 is 1.23 bits per heavy atom. The lowest BCUT2D eigenvalue weighted by atomic mass is 10.1. The van der Waals surface area contributed by atoms with Crippen LogP contribution in [0.3, 0.4) is 0 Å². The molecule has 186 valence electrons. The summed E-state index contributed by atoms with van der Waals surface area (Å²) in [7, 11) is -1.17. The molecule has 1 fully saturated rings. The van der Waals surface area contributed by atoms with E-state index in [2.05, 4.69) is 26.3 Å². The van der Waals surface area contributed by atoms with Crippen LogP contribution in [0.1, 0.15) is 62.5 Å². The summed E-state index contributed by atoms with van der Waals surface area (Å²) in [6, 6.07) is 0. The first-order valence-corrected chi connectivity index (χ1v) is 13.4. The predicted molar refractivity (Wildman–Crippen MR) is 134 cm³/mol. The smallest absolute Gasteiger partial charge is 0.404 e. The fraction of sp³-hybridized carbons (Fsp3) is 0.542. The number of rotatable bonds is 7. The number of nitrogens with zero attached hydrogens (tertiary/aromatic N) is 5. The van der Waals surface area contributed by atoms with Crippen molar-refractivity contribution in [2.24, 2.45) is 5.73 Å². The molecule has 2 aliphatic heterocycles. The number of ether oxygens (including phenoxy) is 1. The van der Waals surface area contributed by atoms with Crippen molar-refractivity contribution < 1.29 is 13.7 Å². The number of aromatic nitrogens is 4. The van der Waals surface area contributed by atoms with Crippen LogP contribution in [0.15, 0.2) is 23.4 Å². The van der Waals surface area contributed by atoms with Crippen LogP contribution in [0.2, 0.25) is 0 Å². The van der Waals surface area contributed by atoms with E-state index in [4.69, 9.17) is 20.4 Å². The minimum atomic E-state index is -1.17. The molecule has 2 aromatic rings. The molecule has 1 saturated carbocycles. The topological polar surface area (TPSA) is 136 Å². The summed E-state index contributed by atoms with van der Waals surface area (Å²) in [5.74, 6) is 3.09. The average molecular weight is 498 g/mol. The zero-order chi connectivity index (χ0) is 24.6. The molecule has 35 heavy (non-hydrogen) atoms. The maximum absolute atomic E-state index is 12.7. The summed E-state index contributed by atoms with van der Waals surface area (Å²) < 4.78 is 17.7. The van der Waals surface area contributed by atoms with Gasteiger partial charge in [0.15, 0.2) is 5.82 Å². The SMILES string of the molecule is CC(C)(COC(N)=O)Nc1nc(N2CCC=C(c3ncc(C4CC4)cn3)CC2)nc2c1[S@](=O)CC2. The lowest BCUT2D eigenvalue weighted by molar-refractivity contribution is 0.138. The van der Waals surface area contributed by atoms with Crippen LogP contribution in [0, 0.1) is 0 Å². The third-order valence-corrected chi connectivity index (χ3v) is 7.90. The van der Waals surface area contributed by atoms with Gasteiger partial charge < -0.3 is 20.7 Å². The summed E-state index contributed by atoms with van der Waals surface area (Å²) in [6.07, 6.45) is 10.0. The molecule has 11 heteroatoms. The highest BCUT2D eigenvalue weighted by Gasteiger charge is 2.31. The summed E-state index contributed by atoms with van der Waals surface area (Å²) >= 11 is 0. The Morgan fingerprint density at radius 3 is 2.71 bits per heavy atom. The Hall–Kier alpha value is -3.08. The van der Waals surface area contributed by atoms with Crippen LogP contribution in [0.5, 0.6) is 0 Å². The van der Waals surface area contributed by atoms with Gasteiger partial charge in [0.1, 0.15) is 17.3 Å². The molecular formula is C24H31N7O3S. The third kappa shape index (κ3) is 5.44. The molecule has 0 aromatic carbocycles. The number of fused-ring (bicyclic) bond motifs is 1. The van der Waals surface area contributed by atoms with Crippen LogP contribution in [-0.2, 0) is 22.0 Å². The van der Waals surface area contributed by atoms with Gasteiger partial charge in [-0.2, -0.15) is 4.98 Å². The summed E-state index contributed by atoms with van der Waals surface area (Å²) in [5.41, 5.74) is 7.66. The second-order valence-corrected chi connectivity index (χ2v) is 11.4. The predicted octanol–water partition coefficient (Wildman–Crippen LogP) is 2.78. The molecule has 5 rings (SSSR count). The molecule has 1 atom stereocenters. The van der Waals surface area contributed by atoms with E-state index in [1.807, 2.05) is 26.2 Å². The highest BCUT2D eigenvalue weighted by Crippen LogP contribution is 2.39. The van der Waals surface area contributed by atoms with E-state index in [-0.39, 0.29) is 6.61 Å². The van der Waals surface area contributed by atoms with E-state index in [0.717, 1.165) is 43.0 Å². The number of primary amides is 1. The van der Waals surface area contributed by atoms with E-state index in [9.17, 15) is 9.00 Å². The molecule has 0 bridgehead atoms. The third-order valence-electron chi connectivity index (χ3n) is 6.44. The first-order chi connectivity index (χ1) is 16.8. The lowest BCUT2D eigenvalue weighted by Crippen LogP contribution is -2.39. The van der Waals surface area contributed by atoms with Crippen molar-refractivity contribution in [2.75, 3.05) is 35.7 Å². The number of carbonyl (C=O) groups excluding carboxylic acids is 1. The summed E-state index contributed by atoms with van der Waals surface area (Å²) in [5, 5.41) is 3.32. The van der Waals surface area contributed by atoms with Crippen molar-refractivity contribution in [3.63, 3.8) is 0 Å². The van der Waals surface area contributed by atoms with Gasteiger partial charge in [-0.3, -0.25) is 4.21 Å². The quantitative estimate of drug-likeness (QED) is 0.591. The number of aryl methyl sites for hydroxylation is 1. The molecule has 4 heterocycles. The second kappa shape index (κ2) is 9.52. The van der Waals surface area contributed by atoms with E-state index in [1.165, 1.54) is 18.4 Å². The molecule has 0 radical (unpaired) electrons. The van der Waals surface area contributed by atoms with Crippen molar-refractivity contribution >= 4 is 34.2 Å². The van der Waals surface area contributed by atoms with Gasteiger partial charge in [0.2, 0.25) is 5.95 Å². The normalized spacial score (nSPS) is 20.1. The number of nitrogens with two attached hydrogens (primary N) is 1. The van der Waals surface area contributed by atoms with E-state index in [1.54, 1.807) is 0 Å². The number of nitrogens with one attached hydrogen (secondary N) is 1. The largest absolute Gasteiger partial charge is 0.447 e. The molecule has 1 aliphatic carbocycles. The number of hydrogen-bond donors (Lipinski definition) is 2. The van der Waals surface area contributed by atoms with Crippen molar-refractivity contribution in [1.82, 2.24) is 19.9 Å². The summed E-state index contributed by atoms with van der Waals surface area (Å²) in [4.78, 5) is 32.7. The Labute approximate surface area is 207 Å². The van der Waals surface area contributed by atoms with Gasteiger partial charge in [0, 0.05) is 37.7 Å². The highest BCUT2D eigenvalue weighted by molar-refractivity contribution is 7.85. The van der Waals surface area contributed by atoms with Gasteiger partial charge in [-0.15, -0.1) is 0 Å². The van der Waals surface area contributed by atoms with Crippen LogP contribution in [0.4, 0.5) is 16.6 Å². The molecule has 3 aliphatic rings. The standard InChI is InChI=1S/C24H31N7O3S/c1-24(2,14-34-22(25)32)30-21-19-18(8-11-35(19)33)28-23(29-21)31-9-3-4-16(7-10-31)20-26-12-17(13-27-20)15-5-6-15/h4,12-13,15H,3,5-11,14H2,1-2H3,(H2,25,32)(H,28,29,30)/t35-/m1/s1. The van der Waals surface area contributed by atoms with Crippen LogP contribution in [-0.4, -0.2) is 61.2 Å². The number of carbonyl (C=O) groups is 1. The van der Waals surface area contributed by atoms with Crippen molar-refractivity contribution in [3.05, 3.63) is 35.6 Å². The zero-order valence-electron chi connectivity index (χ0n) is 20.1. The van der Waals surface area contributed by atoms with Gasteiger partial charge in [-0.05, 0) is 56.6 Å². The minimum absolute atomic E-state index is 0.0552. The maximum atomic E-state index is 12.7. The average Bonchev–Trinajstić information content (AvgIpc) is 3.64. The Morgan fingerprint density at radius 2 is 2.00 bits per heavy atom. The second-order valence-electron chi connectivity index (χ2n) is 9.93. The van der Waals surface area contributed by atoms with Gasteiger partial charge in [-0.25, -0.2) is 19.7 Å². The molecular weight excluding hydrogens is 466 g/mol. The minimum Gasteiger partial charge on any atom is -0.447 e. The molecule has 1 amide bonds. The lowest BCUT2D eigenvalue weighted by Gasteiger charge is -2.28. The molecule has 3 N–H and O–H groups in total. The first-order valence-electron chi connectivity index (χ1n) is 12.0. The number of anilines is 2. The first kappa shape index (κ1) is 23.7. The van der Waals surface area contributed by atoms with Crippen LogP contribution >= 0.6 is 0 Å². The van der Waals surface area contributed by atoms with E-state index < -0.39 is 22.4 Å². The van der Waals surface area contributed by atoms with Gasteiger partial charge in [0.25, 0.3) is 0 Å². The van der Waals surface area contributed by atoms with Crippen molar-refractivity contribution in [3.8, 4) is 0 Å². The highest BCUT2D eigenvalue weighted by atomic mass is 32.2. The molecule has 0 spiro atoms. The molecule has 10 nitrogen and oxygen atoms in total. The van der Waals surface area contributed by atoms with E-state index in [0.29, 0.717) is 34.8 Å². The maximum Gasteiger partial charge on any atom is 0.404 e. The fourth-order valence-corrected chi connectivity index (χ4v) is 5.72. The van der Waals surface area contributed by atoms with Crippen molar-refractivity contribution in [1.29, 1.82) is 0 Å². The Kier molecular flexibility index (Phi) is 6.43. The Bertz CT molecular complexity index is 1180. The van der Waals surface area contributed by atoms with E-state index >= 15 is 0 Å². The molecule has 0 saturated heterocycles. The summed E-state index contributed by atoms with van der Waals surface area (Å²) in [6.45, 7) is 5.30. The zero-order valence-corrected chi connectivity index (χ0v) is 20.9. The van der Waals surface area contributed by atoms with Gasteiger partial charge in [-0.1, -0.05) is 6.08 Å². The number of amides is 1. The van der Waals surface area contributed by atoms with Crippen molar-refractivity contribution in [2.45, 2.75) is 62.3 Å². The Balaban J connectivity index is 1.34. The number of hydrogen-bond acceptors (Lipinski definition) is 9. The van der Waals surface area contributed by atoms with Crippen LogP contribution in [0.25, 0.3) is 5.57 Å². The van der Waals surface area contributed by atoms with Gasteiger partial charge >= 0.3 is 6.09 Å². The van der Waals surface area contributed by atoms with Gasteiger partial charge in [0.05, 0.1) is 22.0 Å². The fourth-order valence-electron chi connectivity index (χ4n) is 4.42. The molecule has 2 aromatic heterocycles. The monoisotopic (exact) mass is 497 g/mol.